The lowest BCUT2D eigenvalue weighted by Crippen LogP contribution is -2.24. The molecule has 0 amide bonds. The van der Waals surface area contributed by atoms with E-state index in [-0.39, 0.29) is 0 Å². The lowest BCUT2D eigenvalue weighted by Gasteiger charge is -2.23. The number of hydroxylamine groups is 1. The van der Waals surface area contributed by atoms with Crippen molar-refractivity contribution < 1.29 is 4.84 Å². The van der Waals surface area contributed by atoms with Crippen molar-refractivity contribution in [2.45, 2.75) is 13.2 Å². The number of imidazole rings is 1. The molecule has 0 atom stereocenters. The van der Waals surface area contributed by atoms with Crippen LogP contribution in [0.1, 0.15) is 11.1 Å². The SMILES string of the molecule is Cn1cnc2c(N(Cc3ccccc3)OCc3ccccc3)ncnc21. The largest absolute Gasteiger partial charge is 0.318 e. The zero-order valence-corrected chi connectivity index (χ0v) is 14.5. The van der Waals surface area contributed by atoms with Crippen LogP contribution in [0, 0.1) is 0 Å². The first-order valence-corrected chi connectivity index (χ1v) is 8.41. The number of aryl methyl sites for hydroxylation is 1. The molecule has 6 nitrogen and oxygen atoms in total. The molecule has 0 aliphatic rings. The average Bonchev–Trinajstić information content (AvgIpc) is 3.08. The fourth-order valence-electron chi connectivity index (χ4n) is 2.77. The third kappa shape index (κ3) is 3.41. The fraction of sp³-hybridized carbons (Fsp3) is 0.150. The molecule has 6 heteroatoms. The highest BCUT2D eigenvalue weighted by molar-refractivity contribution is 5.82. The summed E-state index contributed by atoms with van der Waals surface area (Å²) < 4.78 is 1.87. The second kappa shape index (κ2) is 7.33. The highest BCUT2D eigenvalue weighted by atomic mass is 16.7. The van der Waals surface area contributed by atoms with Gasteiger partial charge in [-0.3, -0.25) is 4.84 Å². The summed E-state index contributed by atoms with van der Waals surface area (Å²) in [4.78, 5) is 19.3. The predicted octanol–water partition coefficient (Wildman–Crippen LogP) is 3.50. The number of aromatic nitrogens is 4. The standard InChI is InChI=1S/C20H19N5O/c1-24-15-23-18-19(24)21-14-22-20(18)25(12-16-8-4-2-5-9-16)26-13-17-10-6-3-7-11-17/h2-11,14-15H,12-13H2,1H3. The smallest absolute Gasteiger partial charge is 0.184 e. The number of hydrogen-bond donors (Lipinski definition) is 0. The third-order valence-corrected chi connectivity index (χ3v) is 4.11. The van der Waals surface area contributed by atoms with Crippen molar-refractivity contribution in [1.29, 1.82) is 0 Å². The van der Waals surface area contributed by atoms with Crippen LogP contribution in [0.15, 0.2) is 73.3 Å². The topological polar surface area (TPSA) is 56.1 Å². The average molecular weight is 345 g/mol. The summed E-state index contributed by atoms with van der Waals surface area (Å²) in [5.74, 6) is 0.662. The van der Waals surface area contributed by atoms with Crippen LogP contribution >= 0.6 is 0 Å². The van der Waals surface area contributed by atoms with Gasteiger partial charge in [-0.25, -0.2) is 20.0 Å². The molecule has 4 rings (SSSR count). The van der Waals surface area contributed by atoms with E-state index >= 15 is 0 Å². The van der Waals surface area contributed by atoms with Gasteiger partial charge in [0.05, 0.1) is 19.5 Å². The minimum Gasteiger partial charge on any atom is -0.318 e. The Morgan fingerprint density at radius 2 is 1.58 bits per heavy atom. The molecule has 0 bridgehead atoms. The van der Waals surface area contributed by atoms with Crippen LogP contribution in [-0.2, 0) is 25.0 Å². The van der Waals surface area contributed by atoms with E-state index < -0.39 is 0 Å². The lowest BCUT2D eigenvalue weighted by molar-refractivity contribution is 0.0896. The van der Waals surface area contributed by atoms with Crippen molar-refractivity contribution in [2.24, 2.45) is 7.05 Å². The van der Waals surface area contributed by atoms with Gasteiger partial charge in [-0.15, -0.1) is 0 Å². The van der Waals surface area contributed by atoms with E-state index in [2.05, 4.69) is 27.1 Å². The molecule has 2 heterocycles. The minimum atomic E-state index is 0.450. The first kappa shape index (κ1) is 16.2. The van der Waals surface area contributed by atoms with Gasteiger partial charge in [0, 0.05) is 7.05 Å². The Bertz CT molecular complexity index is 985. The molecule has 26 heavy (non-hydrogen) atoms. The van der Waals surface area contributed by atoms with Crippen LogP contribution in [0.3, 0.4) is 0 Å². The van der Waals surface area contributed by atoms with Gasteiger partial charge in [-0.2, -0.15) is 0 Å². The van der Waals surface area contributed by atoms with Gasteiger partial charge in [-0.05, 0) is 11.1 Å². The molecule has 2 aromatic carbocycles. The monoisotopic (exact) mass is 345 g/mol. The van der Waals surface area contributed by atoms with E-state index in [1.165, 1.54) is 0 Å². The molecule has 2 aromatic heterocycles. The van der Waals surface area contributed by atoms with E-state index in [1.54, 1.807) is 17.7 Å². The zero-order chi connectivity index (χ0) is 17.8. The molecular formula is C20H19N5O. The van der Waals surface area contributed by atoms with Gasteiger partial charge in [0.15, 0.2) is 17.0 Å². The Labute approximate surface area is 151 Å². The highest BCUT2D eigenvalue weighted by Crippen LogP contribution is 2.23. The van der Waals surface area contributed by atoms with Crippen LogP contribution in [-0.4, -0.2) is 19.5 Å². The molecule has 0 radical (unpaired) electrons. The van der Waals surface area contributed by atoms with Gasteiger partial charge in [0.25, 0.3) is 0 Å². The number of rotatable bonds is 6. The van der Waals surface area contributed by atoms with Gasteiger partial charge >= 0.3 is 0 Å². The van der Waals surface area contributed by atoms with Crippen molar-refractivity contribution in [3.63, 3.8) is 0 Å². The number of anilines is 1. The summed E-state index contributed by atoms with van der Waals surface area (Å²) in [6.45, 7) is 1.02. The van der Waals surface area contributed by atoms with Crippen LogP contribution in [0.5, 0.6) is 0 Å². The maximum atomic E-state index is 6.13. The molecule has 0 N–H and O–H groups in total. The Hall–Kier alpha value is -3.25. The first-order chi connectivity index (χ1) is 12.8. The molecule has 4 aromatic rings. The summed E-state index contributed by atoms with van der Waals surface area (Å²) in [6.07, 6.45) is 3.28. The molecule has 130 valence electrons. The maximum absolute atomic E-state index is 6.13. The molecule has 0 aliphatic heterocycles. The summed E-state index contributed by atoms with van der Waals surface area (Å²) in [5.41, 5.74) is 3.72. The number of benzene rings is 2. The molecule has 0 saturated carbocycles. The minimum absolute atomic E-state index is 0.450. The van der Waals surface area contributed by atoms with Gasteiger partial charge in [-0.1, -0.05) is 60.7 Å². The van der Waals surface area contributed by atoms with E-state index in [4.69, 9.17) is 4.84 Å². The van der Waals surface area contributed by atoms with E-state index in [9.17, 15) is 0 Å². The first-order valence-electron chi connectivity index (χ1n) is 8.41. The molecule has 0 unspecified atom stereocenters. The van der Waals surface area contributed by atoms with E-state index in [0.29, 0.717) is 19.0 Å². The summed E-state index contributed by atoms with van der Waals surface area (Å²) in [7, 11) is 1.92. The van der Waals surface area contributed by atoms with E-state index in [0.717, 1.165) is 22.3 Å². The molecule has 0 spiro atoms. The Kier molecular flexibility index (Phi) is 4.57. The predicted molar refractivity (Wildman–Crippen MR) is 100 cm³/mol. The summed E-state index contributed by atoms with van der Waals surface area (Å²) in [6, 6.07) is 20.2. The number of nitrogens with zero attached hydrogens (tertiary/aromatic N) is 5. The van der Waals surface area contributed by atoms with Crippen molar-refractivity contribution in [2.75, 3.05) is 5.06 Å². The van der Waals surface area contributed by atoms with Gasteiger partial charge in [0.2, 0.25) is 0 Å². The van der Waals surface area contributed by atoms with Crippen molar-refractivity contribution in [3.05, 3.63) is 84.4 Å². The molecular weight excluding hydrogens is 326 g/mol. The van der Waals surface area contributed by atoms with Crippen molar-refractivity contribution in [1.82, 2.24) is 19.5 Å². The third-order valence-electron chi connectivity index (χ3n) is 4.11. The zero-order valence-electron chi connectivity index (χ0n) is 14.5. The second-order valence-electron chi connectivity index (χ2n) is 6.01. The Morgan fingerprint density at radius 3 is 2.31 bits per heavy atom. The highest BCUT2D eigenvalue weighted by Gasteiger charge is 2.17. The second-order valence-corrected chi connectivity index (χ2v) is 6.01. The van der Waals surface area contributed by atoms with E-state index in [1.807, 2.05) is 60.1 Å². The Balaban J connectivity index is 1.67. The van der Waals surface area contributed by atoms with Gasteiger partial charge < -0.3 is 4.57 Å². The van der Waals surface area contributed by atoms with Crippen LogP contribution in [0.2, 0.25) is 0 Å². The van der Waals surface area contributed by atoms with Crippen LogP contribution < -0.4 is 5.06 Å². The van der Waals surface area contributed by atoms with Crippen molar-refractivity contribution in [3.8, 4) is 0 Å². The van der Waals surface area contributed by atoms with Crippen molar-refractivity contribution >= 4 is 17.0 Å². The normalized spacial score (nSPS) is 11.0. The van der Waals surface area contributed by atoms with Crippen LogP contribution in [0.25, 0.3) is 11.2 Å². The lowest BCUT2D eigenvalue weighted by atomic mass is 10.2. The quantitative estimate of drug-likeness (QED) is 0.501. The molecule has 0 saturated heterocycles. The Morgan fingerprint density at radius 1 is 0.885 bits per heavy atom. The number of fused-ring (bicyclic) bond motifs is 1. The molecule has 0 fully saturated rings. The maximum Gasteiger partial charge on any atom is 0.184 e. The van der Waals surface area contributed by atoms with Gasteiger partial charge in [0.1, 0.15) is 6.33 Å². The number of hydrogen-bond acceptors (Lipinski definition) is 5. The van der Waals surface area contributed by atoms with Crippen LogP contribution in [0.4, 0.5) is 5.82 Å². The summed E-state index contributed by atoms with van der Waals surface area (Å²) >= 11 is 0. The summed E-state index contributed by atoms with van der Waals surface area (Å²) in [5, 5.41) is 1.79. The fourth-order valence-corrected chi connectivity index (χ4v) is 2.77. The molecule has 0 aliphatic carbocycles.